The normalized spacial score (nSPS) is 20.2. The van der Waals surface area contributed by atoms with Gasteiger partial charge in [-0.1, -0.05) is 24.3 Å². The first-order valence-electron chi connectivity index (χ1n) is 6.40. The maximum absolute atomic E-state index is 11.9. The summed E-state index contributed by atoms with van der Waals surface area (Å²) in [4.78, 5) is 16.3. The molecule has 0 spiro atoms. The van der Waals surface area contributed by atoms with E-state index < -0.39 is 0 Å². The Balaban J connectivity index is 1.92. The Kier molecular flexibility index (Phi) is 3.07. The molecule has 92 valence electrons. The fourth-order valence-electron chi connectivity index (χ4n) is 2.59. The second kappa shape index (κ2) is 4.86. The van der Waals surface area contributed by atoms with Crippen LogP contribution in [-0.4, -0.2) is 23.9 Å². The summed E-state index contributed by atoms with van der Waals surface area (Å²) >= 11 is 0. The summed E-state index contributed by atoms with van der Waals surface area (Å²) in [5.41, 5.74) is 2.20. The van der Waals surface area contributed by atoms with Gasteiger partial charge in [-0.2, -0.15) is 0 Å². The van der Waals surface area contributed by atoms with E-state index in [2.05, 4.69) is 28.5 Å². The highest BCUT2D eigenvalue weighted by Crippen LogP contribution is 2.20. The van der Waals surface area contributed by atoms with Gasteiger partial charge in [0.2, 0.25) is 0 Å². The molecule has 0 radical (unpaired) electrons. The van der Waals surface area contributed by atoms with E-state index in [1.165, 1.54) is 5.56 Å². The summed E-state index contributed by atoms with van der Waals surface area (Å²) in [5, 5.41) is 4.44. The molecule has 0 saturated carbocycles. The summed E-state index contributed by atoms with van der Waals surface area (Å²) in [5.74, 6) is 0.480. The zero-order chi connectivity index (χ0) is 12.4. The van der Waals surface area contributed by atoms with E-state index in [-0.39, 0.29) is 5.92 Å². The maximum atomic E-state index is 11.9. The Morgan fingerprint density at radius 2 is 2.17 bits per heavy atom. The van der Waals surface area contributed by atoms with Crippen molar-refractivity contribution in [2.45, 2.75) is 12.8 Å². The number of ketones is 1. The first-order valence-corrected chi connectivity index (χ1v) is 6.40. The molecule has 1 fully saturated rings. The average Bonchev–Trinajstić information content (AvgIpc) is 2.42. The van der Waals surface area contributed by atoms with Crippen molar-refractivity contribution in [2.75, 3.05) is 13.1 Å². The SMILES string of the molecule is O=C1CCNCC1Cc1cccc2cccnc12. The third-order valence-corrected chi connectivity index (χ3v) is 3.58. The van der Waals surface area contributed by atoms with E-state index in [0.717, 1.165) is 30.4 Å². The molecule has 1 atom stereocenters. The fraction of sp³-hybridized carbons (Fsp3) is 0.333. The van der Waals surface area contributed by atoms with Crippen molar-refractivity contribution in [1.82, 2.24) is 10.3 Å². The van der Waals surface area contributed by atoms with Crippen LogP contribution < -0.4 is 5.32 Å². The van der Waals surface area contributed by atoms with Crippen LogP contribution in [0.25, 0.3) is 10.9 Å². The number of rotatable bonds is 2. The number of carbonyl (C=O) groups is 1. The van der Waals surface area contributed by atoms with Crippen molar-refractivity contribution in [2.24, 2.45) is 5.92 Å². The van der Waals surface area contributed by atoms with Crippen molar-refractivity contribution in [1.29, 1.82) is 0 Å². The lowest BCUT2D eigenvalue weighted by atomic mass is 9.90. The summed E-state index contributed by atoms with van der Waals surface area (Å²) < 4.78 is 0. The molecule has 0 bridgehead atoms. The first kappa shape index (κ1) is 11.4. The van der Waals surface area contributed by atoms with Gasteiger partial charge in [0.15, 0.2) is 0 Å². The van der Waals surface area contributed by atoms with Crippen LogP contribution in [0, 0.1) is 5.92 Å². The van der Waals surface area contributed by atoms with Crippen molar-refractivity contribution < 1.29 is 4.79 Å². The van der Waals surface area contributed by atoms with Crippen LogP contribution in [0.3, 0.4) is 0 Å². The molecule has 3 nitrogen and oxygen atoms in total. The Morgan fingerprint density at radius 3 is 3.06 bits per heavy atom. The van der Waals surface area contributed by atoms with Crippen molar-refractivity contribution in [3.8, 4) is 0 Å². The van der Waals surface area contributed by atoms with Gasteiger partial charge in [0.05, 0.1) is 5.52 Å². The number of nitrogens with one attached hydrogen (secondary N) is 1. The van der Waals surface area contributed by atoms with E-state index >= 15 is 0 Å². The van der Waals surface area contributed by atoms with Crippen LogP contribution >= 0.6 is 0 Å². The zero-order valence-corrected chi connectivity index (χ0v) is 10.2. The van der Waals surface area contributed by atoms with Gasteiger partial charge in [0.25, 0.3) is 0 Å². The minimum Gasteiger partial charge on any atom is -0.316 e. The third kappa shape index (κ3) is 2.14. The molecule has 1 aromatic carbocycles. The van der Waals surface area contributed by atoms with Gasteiger partial charge in [0.1, 0.15) is 5.78 Å². The molecular formula is C15H16N2O. The molecule has 1 aliphatic rings. The van der Waals surface area contributed by atoms with Gasteiger partial charge in [-0.05, 0) is 18.1 Å². The van der Waals surface area contributed by atoms with E-state index in [1.807, 2.05) is 18.3 Å². The predicted molar refractivity (Wildman–Crippen MR) is 71.4 cm³/mol. The lowest BCUT2D eigenvalue weighted by Gasteiger charge is -2.21. The van der Waals surface area contributed by atoms with Gasteiger partial charge >= 0.3 is 0 Å². The molecule has 1 saturated heterocycles. The van der Waals surface area contributed by atoms with Crippen molar-refractivity contribution >= 4 is 16.7 Å². The summed E-state index contributed by atoms with van der Waals surface area (Å²) in [7, 11) is 0. The third-order valence-electron chi connectivity index (χ3n) is 3.58. The van der Waals surface area contributed by atoms with Gasteiger partial charge < -0.3 is 5.32 Å². The average molecular weight is 240 g/mol. The minimum atomic E-state index is 0.103. The number of Topliss-reactive ketones (excluding diaryl/α,β-unsaturated/α-hetero) is 1. The topological polar surface area (TPSA) is 42.0 Å². The molecule has 2 aromatic rings. The van der Waals surface area contributed by atoms with Crippen LogP contribution in [0.2, 0.25) is 0 Å². The molecule has 0 aliphatic carbocycles. The Bertz CT molecular complexity index is 574. The minimum absolute atomic E-state index is 0.103. The number of fused-ring (bicyclic) bond motifs is 1. The van der Waals surface area contributed by atoms with Crippen molar-refractivity contribution in [3.63, 3.8) is 0 Å². The maximum Gasteiger partial charge on any atom is 0.138 e. The number of pyridine rings is 1. The standard InChI is InChI=1S/C15H16N2O/c18-14-6-8-16-10-13(14)9-12-4-1-3-11-5-2-7-17-15(11)12/h1-5,7,13,16H,6,8-10H2. The number of aromatic nitrogens is 1. The highest BCUT2D eigenvalue weighted by Gasteiger charge is 2.22. The number of para-hydroxylation sites is 1. The molecule has 2 heterocycles. The van der Waals surface area contributed by atoms with Gasteiger partial charge in [-0.15, -0.1) is 0 Å². The number of hydrogen-bond acceptors (Lipinski definition) is 3. The number of nitrogens with zero attached hydrogens (tertiary/aromatic N) is 1. The van der Waals surface area contributed by atoms with Gasteiger partial charge in [-0.3, -0.25) is 9.78 Å². The highest BCUT2D eigenvalue weighted by atomic mass is 16.1. The monoisotopic (exact) mass is 240 g/mol. The zero-order valence-electron chi connectivity index (χ0n) is 10.2. The molecule has 1 unspecified atom stereocenters. The second-order valence-corrected chi connectivity index (χ2v) is 4.81. The second-order valence-electron chi connectivity index (χ2n) is 4.81. The van der Waals surface area contributed by atoms with E-state index in [0.29, 0.717) is 12.2 Å². The molecule has 3 heteroatoms. The Labute approximate surface area is 106 Å². The van der Waals surface area contributed by atoms with Crippen LogP contribution in [0.15, 0.2) is 36.5 Å². The van der Waals surface area contributed by atoms with Crippen LogP contribution in [-0.2, 0) is 11.2 Å². The Morgan fingerprint density at radius 1 is 1.28 bits per heavy atom. The van der Waals surface area contributed by atoms with Crippen LogP contribution in [0.5, 0.6) is 0 Å². The van der Waals surface area contributed by atoms with E-state index in [1.54, 1.807) is 0 Å². The Hall–Kier alpha value is -1.74. The molecule has 3 rings (SSSR count). The van der Waals surface area contributed by atoms with E-state index in [9.17, 15) is 4.79 Å². The van der Waals surface area contributed by atoms with E-state index in [4.69, 9.17) is 0 Å². The number of benzene rings is 1. The largest absolute Gasteiger partial charge is 0.316 e. The summed E-state index contributed by atoms with van der Waals surface area (Å²) in [6.45, 7) is 1.62. The number of hydrogen-bond donors (Lipinski definition) is 1. The molecular weight excluding hydrogens is 224 g/mol. The van der Waals surface area contributed by atoms with Crippen LogP contribution in [0.1, 0.15) is 12.0 Å². The summed E-state index contributed by atoms with van der Waals surface area (Å²) in [6, 6.07) is 10.2. The number of carbonyl (C=O) groups excluding carboxylic acids is 1. The molecule has 1 N–H and O–H groups in total. The molecule has 1 aliphatic heterocycles. The quantitative estimate of drug-likeness (QED) is 0.872. The summed E-state index contributed by atoms with van der Waals surface area (Å²) in [6.07, 6.45) is 3.26. The smallest absolute Gasteiger partial charge is 0.138 e. The van der Waals surface area contributed by atoms with Crippen LogP contribution in [0.4, 0.5) is 0 Å². The number of piperidine rings is 1. The molecule has 1 aromatic heterocycles. The first-order chi connectivity index (χ1) is 8.84. The van der Waals surface area contributed by atoms with Crippen molar-refractivity contribution in [3.05, 3.63) is 42.1 Å². The highest BCUT2D eigenvalue weighted by molar-refractivity contribution is 5.85. The lowest BCUT2D eigenvalue weighted by Crippen LogP contribution is -2.37. The fourth-order valence-corrected chi connectivity index (χ4v) is 2.59. The molecule has 0 amide bonds. The van der Waals surface area contributed by atoms with Gasteiger partial charge in [0, 0.05) is 37.0 Å². The predicted octanol–water partition coefficient (Wildman–Crippen LogP) is 1.96. The molecule has 18 heavy (non-hydrogen) atoms. The van der Waals surface area contributed by atoms with Gasteiger partial charge in [-0.25, -0.2) is 0 Å². The lowest BCUT2D eigenvalue weighted by molar-refractivity contribution is -0.123.